The van der Waals surface area contributed by atoms with E-state index in [1.165, 1.54) is 14.2 Å². The van der Waals surface area contributed by atoms with Crippen molar-refractivity contribution in [2.45, 2.75) is 135 Å². The number of nitrogens with zero attached hydrogens (tertiary/aromatic N) is 2. The van der Waals surface area contributed by atoms with Gasteiger partial charge >= 0.3 is 11.9 Å². The Kier molecular flexibility index (Phi) is 26.8. The first-order valence-corrected chi connectivity index (χ1v) is 20.9. The van der Waals surface area contributed by atoms with E-state index in [0.717, 1.165) is 100 Å². The average Bonchev–Trinajstić information content (AvgIpc) is 3.65. The van der Waals surface area contributed by atoms with Crippen molar-refractivity contribution in [3.8, 4) is 0 Å². The van der Waals surface area contributed by atoms with E-state index in [0.29, 0.717) is 38.6 Å². The molecule has 2 saturated heterocycles. The quantitative estimate of drug-likeness (QED) is 0.0452. The largest absolute Gasteiger partial charge is 0.469 e. The molecular weight excluding hydrogens is 677 g/mol. The first-order chi connectivity index (χ1) is 24.2. The van der Waals surface area contributed by atoms with Crippen LogP contribution < -0.4 is 0 Å². The number of aliphatic hydroxyl groups is 1. The van der Waals surface area contributed by atoms with Gasteiger partial charge in [0.15, 0.2) is 5.78 Å². The number of hydrogen-bond donors (Lipinski definition) is 1. The topological polar surface area (TPSA) is 131 Å². The Morgan fingerprint density at radius 3 is 1.74 bits per heavy atom. The molecule has 2 amide bonds. The predicted octanol–water partition coefficient (Wildman–Crippen LogP) is 6.53. The zero-order valence-corrected chi connectivity index (χ0v) is 32.7. The van der Waals surface area contributed by atoms with Gasteiger partial charge in [-0.2, -0.15) is 23.5 Å². The van der Waals surface area contributed by atoms with Gasteiger partial charge in [0.05, 0.1) is 32.4 Å². The predicted molar refractivity (Wildman–Crippen MR) is 204 cm³/mol. The van der Waals surface area contributed by atoms with Crippen LogP contribution in [0.2, 0.25) is 0 Å². The van der Waals surface area contributed by atoms with E-state index in [2.05, 4.69) is 23.3 Å². The van der Waals surface area contributed by atoms with Crippen molar-refractivity contribution in [2.75, 3.05) is 50.3 Å². The zero-order chi connectivity index (χ0) is 37.0. The van der Waals surface area contributed by atoms with Gasteiger partial charge < -0.3 is 24.4 Å². The van der Waals surface area contributed by atoms with Gasteiger partial charge in [-0.1, -0.05) is 64.2 Å². The van der Waals surface area contributed by atoms with E-state index < -0.39 is 6.10 Å². The van der Waals surface area contributed by atoms with Gasteiger partial charge in [0.1, 0.15) is 0 Å². The van der Waals surface area contributed by atoms with Crippen LogP contribution in [0.15, 0.2) is 24.3 Å². The summed E-state index contributed by atoms with van der Waals surface area (Å²) in [4.78, 5) is 61.8. The molecule has 0 radical (unpaired) electrons. The maximum Gasteiger partial charge on any atom is 0.305 e. The number of ketones is 1. The Bertz CT molecular complexity index is 1050. The molecule has 0 aromatic heterocycles. The Labute approximate surface area is 309 Å². The molecule has 50 heavy (non-hydrogen) atoms. The summed E-state index contributed by atoms with van der Waals surface area (Å²) >= 11 is 3.50. The number of hydrogen-bond acceptors (Lipinski definition) is 10. The zero-order valence-electron chi connectivity index (χ0n) is 31.1. The van der Waals surface area contributed by atoms with Crippen molar-refractivity contribution >= 4 is 53.1 Å². The summed E-state index contributed by atoms with van der Waals surface area (Å²) in [5, 5.41) is 9.99. The first-order valence-electron chi connectivity index (χ1n) is 18.6. The van der Waals surface area contributed by atoms with E-state index in [4.69, 9.17) is 0 Å². The third-order valence-corrected chi connectivity index (χ3v) is 10.8. The molecule has 286 valence electrons. The molecule has 0 aliphatic carbocycles. The summed E-state index contributed by atoms with van der Waals surface area (Å²) < 4.78 is 9.22. The number of carbonyl (C=O) groups is 5. The Hall–Kier alpha value is -2.31. The van der Waals surface area contributed by atoms with Crippen molar-refractivity contribution in [2.24, 2.45) is 0 Å². The molecule has 0 unspecified atom stereocenters. The number of likely N-dealkylation sites (tertiary alicyclic amines) is 2. The van der Waals surface area contributed by atoms with Gasteiger partial charge in [-0.15, -0.1) is 0 Å². The molecule has 2 rings (SSSR count). The molecule has 3 atom stereocenters. The smallest absolute Gasteiger partial charge is 0.305 e. The molecular formula is C38H64N2O8S2. The molecule has 0 aromatic carbocycles. The summed E-state index contributed by atoms with van der Waals surface area (Å²) in [5.74, 6) is 3.68. The third-order valence-electron chi connectivity index (χ3n) is 8.69. The standard InChI is InChI=1S/C19H33NO4S.C19H31NO4S/c2*1-3-4-5-7-17(21)11-9-16-10-12-18(22)20(16)13-15-25-14-6-8-19(23)24-2/h9,11,16-17,21H,3-8,10,12-15H2,1-2H3;9,11,16H,3-8,10,12-15H2,1-2H3/b2*11-9+/t16-,17-;16-/m00/s1. The van der Waals surface area contributed by atoms with E-state index in [1.807, 2.05) is 28.0 Å². The number of esters is 2. The summed E-state index contributed by atoms with van der Waals surface area (Å²) in [6.07, 6.45) is 20.2. The fourth-order valence-electron chi connectivity index (χ4n) is 5.67. The molecule has 0 aromatic rings. The normalized spacial score (nSPS) is 18.2. The molecule has 2 aliphatic heterocycles. The Balaban J connectivity index is 0.000000500. The van der Waals surface area contributed by atoms with Crippen molar-refractivity contribution < 1.29 is 38.6 Å². The fraction of sp³-hybridized carbons (Fsp3) is 0.763. The minimum absolute atomic E-state index is 0.0540. The molecule has 1 N–H and O–H groups in total. The van der Waals surface area contributed by atoms with Crippen LogP contribution in [-0.4, -0.2) is 113 Å². The maximum atomic E-state index is 12.0. The number of carbonyl (C=O) groups excluding carboxylic acids is 5. The van der Waals surface area contributed by atoms with Crippen LogP contribution in [-0.2, 0) is 33.4 Å². The SMILES string of the molecule is CCCCCC(=O)/C=C/[C@H]1CCC(=O)N1CCSCCCC(=O)OC.CCCCC[C@H](O)/C=C/[C@H]1CCC(=O)N1CCSCCCC(=O)OC. The van der Waals surface area contributed by atoms with E-state index in [1.54, 1.807) is 29.6 Å². The molecule has 2 aliphatic rings. The number of amides is 2. The summed E-state index contributed by atoms with van der Waals surface area (Å²) in [6.45, 7) is 5.69. The van der Waals surface area contributed by atoms with Crippen LogP contribution in [0.1, 0.15) is 117 Å². The van der Waals surface area contributed by atoms with Crippen molar-refractivity contribution in [3.05, 3.63) is 24.3 Å². The highest BCUT2D eigenvalue weighted by atomic mass is 32.2. The first kappa shape index (κ1) is 45.7. The lowest BCUT2D eigenvalue weighted by Crippen LogP contribution is -2.34. The van der Waals surface area contributed by atoms with Crippen LogP contribution in [0.25, 0.3) is 0 Å². The fourth-order valence-corrected chi connectivity index (χ4v) is 7.43. The lowest BCUT2D eigenvalue weighted by Gasteiger charge is -2.22. The van der Waals surface area contributed by atoms with Crippen LogP contribution in [0.4, 0.5) is 0 Å². The molecule has 0 saturated carbocycles. The van der Waals surface area contributed by atoms with Crippen LogP contribution >= 0.6 is 23.5 Å². The van der Waals surface area contributed by atoms with E-state index in [-0.39, 0.29) is 41.6 Å². The minimum atomic E-state index is -0.406. The Morgan fingerprint density at radius 1 is 0.740 bits per heavy atom. The highest BCUT2D eigenvalue weighted by molar-refractivity contribution is 7.99. The lowest BCUT2D eigenvalue weighted by molar-refractivity contribution is -0.141. The van der Waals surface area contributed by atoms with Crippen LogP contribution in [0, 0.1) is 0 Å². The highest BCUT2D eigenvalue weighted by Crippen LogP contribution is 2.22. The summed E-state index contributed by atoms with van der Waals surface area (Å²) in [5.41, 5.74) is 0. The average molecular weight is 741 g/mol. The number of methoxy groups -OCH3 is 2. The molecule has 2 heterocycles. The second-order valence-electron chi connectivity index (χ2n) is 12.7. The molecule has 2 fully saturated rings. The number of ether oxygens (including phenoxy) is 2. The second kappa shape index (κ2) is 29.3. The molecule has 0 spiro atoms. The van der Waals surface area contributed by atoms with Crippen LogP contribution in [0.3, 0.4) is 0 Å². The number of allylic oxidation sites excluding steroid dienone is 1. The highest BCUT2D eigenvalue weighted by Gasteiger charge is 2.29. The van der Waals surface area contributed by atoms with Gasteiger partial charge in [0.25, 0.3) is 0 Å². The summed E-state index contributed by atoms with van der Waals surface area (Å²) in [7, 11) is 2.81. The van der Waals surface area contributed by atoms with Gasteiger partial charge in [-0.05, 0) is 56.1 Å². The summed E-state index contributed by atoms with van der Waals surface area (Å²) in [6, 6.07) is 0.169. The number of thioether (sulfide) groups is 2. The maximum absolute atomic E-state index is 12.0. The number of rotatable bonds is 26. The number of unbranched alkanes of at least 4 members (excludes halogenated alkanes) is 4. The van der Waals surface area contributed by atoms with Gasteiger partial charge in [0, 0.05) is 56.7 Å². The van der Waals surface area contributed by atoms with E-state index in [9.17, 15) is 29.1 Å². The van der Waals surface area contributed by atoms with Crippen LogP contribution in [0.5, 0.6) is 0 Å². The second-order valence-corrected chi connectivity index (χ2v) is 15.2. The van der Waals surface area contributed by atoms with E-state index >= 15 is 0 Å². The van der Waals surface area contributed by atoms with Crippen molar-refractivity contribution in [1.29, 1.82) is 0 Å². The third kappa shape index (κ3) is 21.1. The molecule has 10 nitrogen and oxygen atoms in total. The van der Waals surface area contributed by atoms with Gasteiger partial charge in [-0.25, -0.2) is 0 Å². The van der Waals surface area contributed by atoms with Crippen molar-refractivity contribution in [3.63, 3.8) is 0 Å². The van der Waals surface area contributed by atoms with Gasteiger partial charge in [0.2, 0.25) is 11.8 Å². The van der Waals surface area contributed by atoms with Gasteiger partial charge in [-0.3, -0.25) is 24.0 Å². The van der Waals surface area contributed by atoms with Crippen molar-refractivity contribution in [1.82, 2.24) is 9.80 Å². The molecule has 0 bridgehead atoms. The minimum Gasteiger partial charge on any atom is -0.469 e. The monoisotopic (exact) mass is 740 g/mol. The molecule has 12 heteroatoms. The number of aliphatic hydroxyl groups excluding tert-OH is 1. The Morgan fingerprint density at radius 2 is 1.24 bits per heavy atom. The lowest BCUT2D eigenvalue weighted by atomic mass is 10.1.